The van der Waals surface area contributed by atoms with Gasteiger partial charge in [-0.3, -0.25) is 4.90 Å². The highest BCUT2D eigenvalue weighted by atomic mass is 16.5. The van der Waals surface area contributed by atoms with Gasteiger partial charge in [-0.25, -0.2) is 0 Å². The number of nitrogens with zero attached hydrogens (tertiary/aromatic N) is 1. The minimum atomic E-state index is -0.222. The van der Waals surface area contributed by atoms with Gasteiger partial charge in [0.15, 0.2) is 0 Å². The zero-order chi connectivity index (χ0) is 12.5. The monoisotopic (exact) mass is 235 g/mol. The number of likely N-dealkylation sites (tertiary alicyclic amines) is 1. The van der Waals surface area contributed by atoms with Crippen LogP contribution in [-0.2, 0) is 6.54 Å². The molecule has 1 fully saturated rings. The minimum absolute atomic E-state index is 0.125. The maximum Gasteiger partial charge on any atom is 0.118 e. The lowest BCUT2D eigenvalue weighted by Gasteiger charge is -2.33. The summed E-state index contributed by atoms with van der Waals surface area (Å²) in [6.45, 7) is 6.05. The van der Waals surface area contributed by atoms with Gasteiger partial charge >= 0.3 is 0 Å². The quantitative estimate of drug-likeness (QED) is 0.870. The number of aliphatic hydroxyl groups is 1. The van der Waals surface area contributed by atoms with Crippen molar-refractivity contribution < 1.29 is 9.84 Å². The SMILES string of the molecule is COc1ccc(CN2CCC(O)C2(C)C)cc1. The molecule has 0 radical (unpaired) electrons. The summed E-state index contributed by atoms with van der Waals surface area (Å²) in [5.41, 5.74) is 1.13. The van der Waals surface area contributed by atoms with Crippen molar-refractivity contribution in [2.24, 2.45) is 0 Å². The molecule has 3 nitrogen and oxygen atoms in total. The normalized spacial score (nSPS) is 23.9. The third-order valence-corrected chi connectivity index (χ3v) is 3.84. The predicted octanol–water partition coefficient (Wildman–Crippen LogP) is 2.04. The van der Waals surface area contributed by atoms with Gasteiger partial charge in [-0.15, -0.1) is 0 Å². The van der Waals surface area contributed by atoms with Crippen LogP contribution in [0.1, 0.15) is 25.8 Å². The summed E-state index contributed by atoms with van der Waals surface area (Å²) in [5.74, 6) is 0.884. The van der Waals surface area contributed by atoms with E-state index in [0.717, 1.165) is 25.3 Å². The number of benzene rings is 1. The van der Waals surface area contributed by atoms with E-state index >= 15 is 0 Å². The molecule has 94 valence electrons. The molecule has 1 aliphatic rings. The van der Waals surface area contributed by atoms with E-state index in [1.165, 1.54) is 5.56 Å². The second kappa shape index (κ2) is 4.67. The summed E-state index contributed by atoms with van der Waals surface area (Å²) in [4.78, 5) is 2.33. The Hall–Kier alpha value is -1.06. The van der Waals surface area contributed by atoms with Crippen molar-refractivity contribution in [2.75, 3.05) is 13.7 Å². The van der Waals surface area contributed by atoms with Gasteiger partial charge in [-0.2, -0.15) is 0 Å². The molecule has 1 aliphatic heterocycles. The average Bonchev–Trinajstić information content (AvgIpc) is 2.57. The van der Waals surface area contributed by atoms with E-state index in [4.69, 9.17) is 4.74 Å². The lowest BCUT2D eigenvalue weighted by atomic mass is 9.98. The molecule has 1 heterocycles. The van der Waals surface area contributed by atoms with Crippen molar-refractivity contribution in [3.63, 3.8) is 0 Å². The van der Waals surface area contributed by atoms with Crippen LogP contribution in [0, 0.1) is 0 Å². The zero-order valence-electron chi connectivity index (χ0n) is 10.8. The maximum atomic E-state index is 9.93. The van der Waals surface area contributed by atoms with Gasteiger partial charge in [0.2, 0.25) is 0 Å². The summed E-state index contributed by atoms with van der Waals surface area (Å²) in [6, 6.07) is 8.13. The van der Waals surface area contributed by atoms with Crippen LogP contribution in [0.2, 0.25) is 0 Å². The Morgan fingerprint density at radius 2 is 2.00 bits per heavy atom. The van der Waals surface area contributed by atoms with Gasteiger partial charge in [-0.05, 0) is 38.0 Å². The van der Waals surface area contributed by atoms with Crippen LogP contribution in [0.15, 0.2) is 24.3 Å². The Kier molecular flexibility index (Phi) is 3.40. The van der Waals surface area contributed by atoms with Crippen LogP contribution < -0.4 is 4.74 Å². The summed E-state index contributed by atoms with van der Waals surface area (Å²) in [6.07, 6.45) is 0.643. The lowest BCUT2D eigenvalue weighted by Crippen LogP contribution is -2.44. The fourth-order valence-corrected chi connectivity index (χ4v) is 2.36. The molecule has 1 saturated heterocycles. The molecule has 1 N–H and O–H groups in total. The number of aliphatic hydroxyl groups excluding tert-OH is 1. The number of rotatable bonds is 3. The van der Waals surface area contributed by atoms with Crippen molar-refractivity contribution in [2.45, 2.75) is 38.5 Å². The van der Waals surface area contributed by atoms with E-state index in [1.807, 2.05) is 12.1 Å². The second-order valence-electron chi connectivity index (χ2n) is 5.23. The van der Waals surface area contributed by atoms with Crippen molar-refractivity contribution in [3.8, 4) is 5.75 Å². The van der Waals surface area contributed by atoms with Gasteiger partial charge in [-0.1, -0.05) is 12.1 Å². The highest BCUT2D eigenvalue weighted by Crippen LogP contribution is 2.30. The van der Waals surface area contributed by atoms with E-state index in [0.29, 0.717) is 0 Å². The number of hydrogen-bond acceptors (Lipinski definition) is 3. The van der Waals surface area contributed by atoms with Gasteiger partial charge in [0.25, 0.3) is 0 Å². The molecule has 0 saturated carbocycles. The number of methoxy groups -OCH3 is 1. The van der Waals surface area contributed by atoms with Crippen LogP contribution in [0.4, 0.5) is 0 Å². The molecule has 2 rings (SSSR count). The van der Waals surface area contributed by atoms with Gasteiger partial charge < -0.3 is 9.84 Å². The highest BCUT2D eigenvalue weighted by Gasteiger charge is 2.39. The highest BCUT2D eigenvalue weighted by molar-refractivity contribution is 5.27. The molecule has 0 aliphatic carbocycles. The third-order valence-electron chi connectivity index (χ3n) is 3.84. The second-order valence-corrected chi connectivity index (χ2v) is 5.23. The van der Waals surface area contributed by atoms with Crippen molar-refractivity contribution >= 4 is 0 Å². The van der Waals surface area contributed by atoms with Gasteiger partial charge in [0.05, 0.1) is 13.2 Å². The minimum Gasteiger partial charge on any atom is -0.497 e. The Bertz CT molecular complexity index is 372. The predicted molar refractivity (Wildman–Crippen MR) is 68.1 cm³/mol. The van der Waals surface area contributed by atoms with Gasteiger partial charge in [0, 0.05) is 18.6 Å². The molecular weight excluding hydrogens is 214 g/mol. The fourth-order valence-electron chi connectivity index (χ4n) is 2.36. The van der Waals surface area contributed by atoms with E-state index in [9.17, 15) is 5.11 Å². The first kappa shape index (κ1) is 12.4. The van der Waals surface area contributed by atoms with Crippen LogP contribution in [0.5, 0.6) is 5.75 Å². The van der Waals surface area contributed by atoms with Crippen LogP contribution in [0.25, 0.3) is 0 Å². The molecule has 0 amide bonds. The molecule has 1 aromatic carbocycles. The molecule has 1 aromatic rings. The van der Waals surface area contributed by atoms with E-state index < -0.39 is 0 Å². The molecule has 3 heteroatoms. The molecule has 0 spiro atoms. The summed E-state index contributed by atoms with van der Waals surface area (Å²) >= 11 is 0. The van der Waals surface area contributed by atoms with E-state index in [1.54, 1.807) is 7.11 Å². The van der Waals surface area contributed by atoms with Crippen molar-refractivity contribution in [1.29, 1.82) is 0 Å². The van der Waals surface area contributed by atoms with E-state index in [-0.39, 0.29) is 11.6 Å². The lowest BCUT2D eigenvalue weighted by molar-refractivity contribution is 0.0506. The number of hydrogen-bond donors (Lipinski definition) is 1. The van der Waals surface area contributed by atoms with Crippen LogP contribution >= 0.6 is 0 Å². The maximum absolute atomic E-state index is 9.93. The summed E-state index contributed by atoms with van der Waals surface area (Å²) in [7, 11) is 1.68. The average molecular weight is 235 g/mol. The van der Waals surface area contributed by atoms with Crippen LogP contribution in [0.3, 0.4) is 0 Å². The Morgan fingerprint density at radius 1 is 1.35 bits per heavy atom. The van der Waals surface area contributed by atoms with Gasteiger partial charge in [0.1, 0.15) is 5.75 Å². The molecule has 1 atom stereocenters. The Labute approximate surface area is 103 Å². The fraction of sp³-hybridized carbons (Fsp3) is 0.571. The Balaban J connectivity index is 2.05. The topological polar surface area (TPSA) is 32.7 Å². The number of ether oxygens (including phenoxy) is 1. The molecule has 17 heavy (non-hydrogen) atoms. The standard InChI is InChI=1S/C14H21NO2/c1-14(2)13(16)8-9-15(14)10-11-4-6-12(17-3)7-5-11/h4-7,13,16H,8-10H2,1-3H3. The smallest absolute Gasteiger partial charge is 0.118 e. The van der Waals surface area contributed by atoms with Crippen LogP contribution in [-0.4, -0.2) is 35.3 Å². The van der Waals surface area contributed by atoms with Crippen molar-refractivity contribution in [1.82, 2.24) is 4.90 Å². The van der Waals surface area contributed by atoms with E-state index in [2.05, 4.69) is 30.9 Å². The zero-order valence-corrected chi connectivity index (χ0v) is 10.8. The first-order valence-corrected chi connectivity index (χ1v) is 6.10. The molecule has 0 bridgehead atoms. The molecule has 0 aromatic heterocycles. The largest absolute Gasteiger partial charge is 0.497 e. The first-order valence-electron chi connectivity index (χ1n) is 6.10. The van der Waals surface area contributed by atoms with Crippen molar-refractivity contribution in [3.05, 3.63) is 29.8 Å². The molecular formula is C14H21NO2. The third kappa shape index (κ3) is 2.45. The first-order chi connectivity index (χ1) is 8.04. The summed E-state index contributed by atoms with van der Waals surface area (Å²) in [5, 5.41) is 9.93. The summed E-state index contributed by atoms with van der Waals surface area (Å²) < 4.78 is 5.14. The molecule has 1 unspecified atom stereocenters. The Morgan fingerprint density at radius 3 is 2.47 bits per heavy atom.